The Bertz CT molecular complexity index is 729. The van der Waals surface area contributed by atoms with Gasteiger partial charge < -0.3 is 15.4 Å². The van der Waals surface area contributed by atoms with Gasteiger partial charge in [0, 0.05) is 17.9 Å². The molecule has 0 saturated heterocycles. The topological polar surface area (TPSA) is 50.4 Å². The second-order valence-electron chi connectivity index (χ2n) is 6.44. The van der Waals surface area contributed by atoms with Crippen molar-refractivity contribution in [2.45, 2.75) is 32.3 Å². The van der Waals surface area contributed by atoms with E-state index in [2.05, 4.69) is 15.4 Å². The van der Waals surface area contributed by atoms with E-state index >= 15 is 0 Å². The molecule has 0 radical (unpaired) electrons. The largest absolute Gasteiger partial charge is 0.434 e. The fourth-order valence-electron chi connectivity index (χ4n) is 3.20. The van der Waals surface area contributed by atoms with Gasteiger partial charge in [0.25, 0.3) is 5.91 Å². The second-order valence-corrected chi connectivity index (χ2v) is 6.44. The molecule has 4 nitrogen and oxygen atoms in total. The van der Waals surface area contributed by atoms with Gasteiger partial charge in [-0.1, -0.05) is 25.0 Å². The van der Waals surface area contributed by atoms with Crippen LogP contribution in [0.4, 0.5) is 20.2 Å². The molecular formula is C20H22F2N2O2. The van der Waals surface area contributed by atoms with Crippen LogP contribution in [0.1, 0.15) is 36.0 Å². The number of nitrogens with one attached hydrogen (secondary N) is 2. The number of carbonyl (C=O) groups is 1. The number of carbonyl (C=O) groups excluding carboxylic acids is 1. The molecule has 1 amide bonds. The summed E-state index contributed by atoms with van der Waals surface area (Å²) in [6.45, 7) is -2.02. The minimum absolute atomic E-state index is 0.0660. The van der Waals surface area contributed by atoms with Crippen LogP contribution in [-0.2, 0) is 0 Å². The number of ether oxygens (including phenoxy) is 1. The van der Waals surface area contributed by atoms with Gasteiger partial charge in [0.05, 0.1) is 5.56 Å². The molecule has 2 N–H and O–H groups in total. The molecule has 0 spiro atoms. The molecule has 1 aliphatic carbocycles. The predicted octanol–water partition coefficient (Wildman–Crippen LogP) is 5.14. The maximum atomic E-state index is 12.5. The molecule has 2 aromatic carbocycles. The Morgan fingerprint density at radius 2 is 1.69 bits per heavy atom. The molecule has 0 aromatic heterocycles. The van der Waals surface area contributed by atoms with Crippen molar-refractivity contribution in [2.75, 3.05) is 17.2 Å². The van der Waals surface area contributed by atoms with Crippen LogP contribution in [-0.4, -0.2) is 19.1 Å². The monoisotopic (exact) mass is 360 g/mol. The summed E-state index contributed by atoms with van der Waals surface area (Å²) in [5.41, 5.74) is 1.65. The summed E-state index contributed by atoms with van der Waals surface area (Å²) in [5, 5.41) is 6.12. The molecule has 1 saturated carbocycles. The first kappa shape index (κ1) is 18.2. The smallest absolute Gasteiger partial charge is 0.387 e. The Morgan fingerprint density at radius 1 is 1.04 bits per heavy atom. The number of rotatable bonds is 7. The molecule has 3 rings (SSSR count). The van der Waals surface area contributed by atoms with Crippen molar-refractivity contribution in [3.8, 4) is 5.75 Å². The lowest BCUT2D eigenvalue weighted by atomic mass is 10.1. The Kier molecular flexibility index (Phi) is 6.04. The molecule has 0 unspecified atom stereocenters. The van der Waals surface area contributed by atoms with Crippen LogP contribution < -0.4 is 15.4 Å². The molecule has 26 heavy (non-hydrogen) atoms. The van der Waals surface area contributed by atoms with Crippen molar-refractivity contribution in [2.24, 2.45) is 5.92 Å². The molecule has 6 heteroatoms. The number of amides is 1. The van der Waals surface area contributed by atoms with Gasteiger partial charge in [-0.15, -0.1) is 0 Å². The Hall–Kier alpha value is -2.63. The van der Waals surface area contributed by atoms with Gasteiger partial charge in [0.15, 0.2) is 0 Å². The average Bonchev–Trinajstić information content (AvgIpc) is 3.14. The lowest BCUT2D eigenvalue weighted by Gasteiger charge is -2.13. The van der Waals surface area contributed by atoms with Crippen LogP contribution in [0.15, 0.2) is 48.5 Å². The highest BCUT2D eigenvalue weighted by Crippen LogP contribution is 2.25. The van der Waals surface area contributed by atoms with Gasteiger partial charge in [-0.3, -0.25) is 4.79 Å². The lowest BCUT2D eigenvalue weighted by Crippen LogP contribution is -2.15. The van der Waals surface area contributed by atoms with Crippen LogP contribution in [0, 0.1) is 5.92 Å². The summed E-state index contributed by atoms with van der Waals surface area (Å²) in [7, 11) is 0. The third-order valence-electron chi connectivity index (χ3n) is 4.56. The van der Waals surface area contributed by atoms with E-state index in [0.29, 0.717) is 5.69 Å². The van der Waals surface area contributed by atoms with Gasteiger partial charge in [0.1, 0.15) is 5.75 Å². The average molecular weight is 360 g/mol. The molecular weight excluding hydrogens is 338 g/mol. The second kappa shape index (κ2) is 8.65. The summed E-state index contributed by atoms with van der Waals surface area (Å²) < 4.78 is 29.3. The fraction of sp³-hybridized carbons (Fsp3) is 0.350. The van der Waals surface area contributed by atoms with Crippen LogP contribution in [0.2, 0.25) is 0 Å². The highest BCUT2D eigenvalue weighted by atomic mass is 19.3. The Morgan fingerprint density at radius 3 is 2.38 bits per heavy atom. The van der Waals surface area contributed by atoms with Crippen molar-refractivity contribution in [1.29, 1.82) is 0 Å². The minimum atomic E-state index is -2.98. The molecule has 1 aliphatic rings. The molecule has 1 fully saturated rings. The summed E-state index contributed by atoms with van der Waals surface area (Å²) in [6.07, 6.45) is 5.19. The van der Waals surface area contributed by atoms with Gasteiger partial charge >= 0.3 is 6.61 Å². The van der Waals surface area contributed by atoms with Crippen molar-refractivity contribution in [1.82, 2.24) is 0 Å². The first-order valence-corrected chi connectivity index (χ1v) is 8.81. The Balaban J connectivity index is 1.59. The van der Waals surface area contributed by atoms with E-state index in [1.165, 1.54) is 37.8 Å². The number of alkyl halides is 2. The minimum Gasteiger partial charge on any atom is -0.434 e. The maximum Gasteiger partial charge on any atom is 0.387 e. The molecule has 2 aromatic rings. The van der Waals surface area contributed by atoms with Gasteiger partial charge in [-0.05, 0) is 55.2 Å². The van der Waals surface area contributed by atoms with Crippen molar-refractivity contribution in [3.05, 3.63) is 54.1 Å². The van der Waals surface area contributed by atoms with Crippen molar-refractivity contribution in [3.63, 3.8) is 0 Å². The molecule has 0 aliphatic heterocycles. The van der Waals surface area contributed by atoms with Gasteiger partial charge in [-0.2, -0.15) is 8.78 Å². The van der Waals surface area contributed by atoms with E-state index in [-0.39, 0.29) is 11.3 Å². The summed E-state index contributed by atoms with van der Waals surface area (Å²) in [5.74, 6) is 0.100. The van der Waals surface area contributed by atoms with E-state index < -0.39 is 12.5 Å². The number of anilines is 2. The van der Waals surface area contributed by atoms with E-state index in [1.807, 2.05) is 12.1 Å². The van der Waals surface area contributed by atoms with E-state index in [1.54, 1.807) is 24.3 Å². The molecule has 0 atom stereocenters. The van der Waals surface area contributed by atoms with E-state index in [4.69, 9.17) is 0 Å². The quantitative estimate of drug-likeness (QED) is 0.719. The van der Waals surface area contributed by atoms with Crippen LogP contribution in [0.3, 0.4) is 0 Å². The number of benzene rings is 2. The van der Waals surface area contributed by atoms with Crippen LogP contribution in [0.25, 0.3) is 0 Å². The van der Waals surface area contributed by atoms with Crippen molar-refractivity contribution >= 4 is 17.3 Å². The lowest BCUT2D eigenvalue weighted by molar-refractivity contribution is -0.0501. The SMILES string of the molecule is O=C(Nc1ccc(NCC2CCCC2)cc1)c1ccccc1OC(F)F. The molecule has 0 bridgehead atoms. The van der Waals surface area contributed by atoms with Gasteiger partial charge in [0.2, 0.25) is 0 Å². The normalized spacial score (nSPS) is 14.4. The predicted molar refractivity (Wildman–Crippen MR) is 97.9 cm³/mol. The molecule has 138 valence electrons. The van der Waals surface area contributed by atoms with E-state index in [0.717, 1.165) is 18.2 Å². The third-order valence-corrected chi connectivity index (χ3v) is 4.56. The third kappa shape index (κ3) is 4.94. The highest BCUT2D eigenvalue weighted by Gasteiger charge is 2.16. The summed E-state index contributed by atoms with van der Waals surface area (Å²) >= 11 is 0. The van der Waals surface area contributed by atoms with E-state index in [9.17, 15) is 13.6 Å². The first-order chi connectivity index (χ1) is 12.6. The fourth-order valence-corrected chi connectivity index (χ4v) is 3.20. The van der Waals surface area contributed by atoms with Crippen molar-refractivity contribution < 1.29 is 18.3 Å². The zero-order valence-corrected chi connectivity index (χ0v) is 14.4. The summed E-state index contributed by atoms with van der Waals surface area (Å²) in [6, 6.07) is 13.3. The maximum absolute atomic E-state index is 12.5. The van der Waals surface area contributed by atoms with Gasteiger partial charge in [-0.25, -0.2) is 0 Å². The Labute approximate surface area is 151 Å². The number of halogens is 2. The number of para-hydroxylation sites is 1. The number of hydrogen-bond acceptors (Lipinski definition) is 3. The summed E-state index contributed by atoms with van der Waals surface area (Å²) in [4.78, 5) is 12.3. The zero-order chi connectivity index (χ0) is 18.4. The zero-order valence-electron chi connectivity index (χ0n) is 14.4. The van der Waals surface area contributed by atoms with Crippen LogP contribution in [0.5, 0.6) is 5.75 Å². The standard InChI is InChI=1S/C20H22F2N2O2/c21-20(22)26-18-8-4-3-7-17(18)19(25)24-16-11-9-15(10-12-16)23-13-14-5-1-2-6-14/h3-4,7-12,14,20,23H,1-2,5-6,13H2,(H,24,25). The number of hydrogen-bond donors (Lipinski definition) is 2. The molecule has 0 heterocycles. The van der Waals surface area contributed by atoms with Crippen LogP contribution >= 0.6 is 0 Å². The highest BCUT2D eigenvalue weighted by molar-refractivity contribution is 6.06. The first-order valence-electron chi connectivity index (χ1n) is 8.81.